The predicted molar refractivity (Wildman–Crippen MR) is 282 cm³/mol. The fraction of sp³-hybridized carbons (Fsp3) is 0.226. The first-order chi connectivity index (χ1) is 33.3. The van der Waals surface area contributed by atoms with E-state index in [9.17, 15) is 0 Å². The lowest BCUT2D eigenvalue weighted by molar-refractivity contribution is 0.171. The third-order valence-electron chi connectivity index (χ3n) is 16.1. The topological polar surface area (TPSA) is 43.4 Å². The number of ether oxygens (including phenoxy) is 4. The smallest absolute Gasteiger partial charge is 0.252 e. The van der Waals surface area contributed by atoms with Crippen molar-refractivity contribution in [2.75, 3.05) is 36.2 Å². The van der Waals surface area contributed by atoms with Crippen LogP contribution in [0.5, 0.6) is 23.0 Å². The van der Waals surface area contributed by atoms with Crippen molar-refractivity contribution in [3.63, 3.8) is 0 Å². The van der Waals surface area contributed by atoms with Crippen LogP contribution in [0.3, 0.4) is 0 Å². The first-order valence-corrected chi connectivity index (χ1v) is 24.6. The first-order valence-electron chi connectivity index (χ1n) is 24.6. The Bertz CT molecular complexity index is 3530. The third kappa shape index (κ3) is 5.73. The lowest BCUT2D eigenvalue weighted by Crippen LogP contribution is -2.61. The monoisotopic (exact) mass is 900 g/mol. The summed E-state index contributed by atoms with van der Waals surface area (Å²) in [6.07, 6.45) is 0. The Balaban J connectivity index is 1.10. The van der Waals surface area contributed by atoms with Gasteiger partial charge >= 0.3 is 0 Å². The lowest BCUT2D eigenvalue weighted by Gasteiger charge is -2.45. The van der Waals surface area contributed by atoms with Gasteiger partial charge in [-0.05, 0) is 132 Å². The number of hydrogen-bond donors (Lipinski definition) is 0. The molecular weight excluding hydrogens is 848 g/mol. The minimum atomic E-state index is -0.208. The molecule has 0 unspecified atom stereocenters. The second-order valence-electron chi connectivity index (χ2n) is 21.8. The summed E-state index contributed by atoms with van der Waals surface area (Å²) in [7, 11) is 0. The van der Waals surface area contributed by atoms with Gasteiger partial charge in [0.2, 0.25) is 0 Å². The summed E-state index contributed by atoms with van der Waals surface area (Å²) in [5.41, 5.74) is 24.2. The van der Waals surface area contributed by atoms with E-state index in [1.807, 2.05) is 0 Å². The molecule has 0 spiro atoms. The zero-order valence-electron chi connectivity index (χ0n) is 40.3. The molecule has 0 radical (unpaired) electrons. The molecular formula is C62H53BN2O4. The lowest BCUT2D eigenvalue weighted by atomic mass is 9.33. The van der Waals surface area contributed by atoms with Crippen molar-refractivity contribution >= 4 is 57.2 Å². The first kappa shape index (κ1) is 40.7. The minimum Gasteiger partial charge on any atom is -0.486 e. The fourth-order valence-corrected chi connectivity index (χ4v) is 12.6. The zero-order valence-corrected chi connectivity index (χ0v) is 40.3. The van der Waals surface area contributed by atoms with Crippen LogP contribution in [0.25, 0.3) is 33.4 Å². The Morgan fingerprint density at radius 3 is 1.58 bits per heavy atom. The number of hydrogen-bond acceptors (Lipinski definition) is 6. The SMILES string of the molecule is CC(C)(C)c1ccc(-c2cc3c4c(c2)N(c2ccc5c(c2)C(C)(C)c2ccccc2-5)c2cc5c(cc2B4c2cc4c(cc2N3c2ccc3c(c2)OCCO3)OCCO4)-c2ccccc2C5(C)C)cc1. The van der Waals surface area contributed by atoms with Crippen molar-refractivity contribution in [2.24, 2.45) is 0 Å². The van der Waals surface area contributed by atoms with Crippen LogP contribution in [0, 0.1) is 0 Å². The summed E-state index contributed by atoms with van der Waals surface area (Å²) in [6, 6.07) is 55.2. The van der Waals surface area contributed by atoms with Gasteiger partial charge in [0, 0.05) is 51.4 Å². The zero-order chi connectivity index (χ0) is 46.7. The summed E-state index contributed by atoms with van der Waals surface area (Å²) in [6.45, 7) is 18.3. The molecule has 2 aliphatic carbocycles. The summed E-state index contributed by atoms with van der Waals surface area (Å²) < 4.78 is 25.3. The molecule has 14 rings (SSSR count). The van der Waals surface area contributed by atoms with Crippen LogP contribution in [0.2, 0.25) is 0 Å². The highest BCUT2D eigenvalue weighted by atomic mass is 16.6. The average molecular weight is 901 g/mol. The van der Waals surface area contributed by atoms with Gasteiger partial charge in [-0.15, -0.1) is 0 Å². The molecule has 0 atom stereocenters. The van der Waals surface area contributed by atoms with Crippen molar-refractivity contribution in [3.8, 4) is 56.4 Å². The fourth-order valence-electron chi connectivity index (χ4n) is 12.6. The second kappa shape index (κ2) is 14.1. The Labute approximate surface area is 405 Å². The van der Waals surface area contributed by atoms with E-state index >= 15 is 0 Å². The van der Waals surface area contributed by atoms with Crippen molar-refractivity contribution in [1.29, 1.82) is 0 Å². The average Bonchev–Trinajstić information content (AvgIpc) is 3.73. The summed E-state index contributed by atoms with van der Waals surface area (Å²) >= 11 is 0. The van der Waals surface area contributed by atoms with Crippen molar-refractivity contribution in [3.05, 3.63) is 173 Å². The maximum atomic E-state index is 6.47. The number of fused-ring (bicyclic) bond motifs is 12. The van der Waals surface area contributed by atoms with Gasteiger partial charge in [-0.3, -0.25) is 0 Å². The van der Waals surface area contributed by atoms with E-state index in [2.05, 4.69) is 204 Å². The second-order valence-corrected chi connectivity index (χ2v) is 21.8. The van der Waals surface area contributed by atoms with Crippen LogP contribution in [0.1, 0.15) is 76.3 Å². The molecule has 6 nitrogen and oxygen atoms in total. The van der Waals surface area contributed by atoms with Crippen LogP contribution >= 0.6 is 0 Å². The number of rotatable bonds is 3. The van der Waals surface area contributed by atoms with Crippen LogP contribution < -0.4 is 45.1 Å². The molecule has 4 aliphatic heterocycles. The van der Waals surface area contributed by atoms with Gasteiger partial charge in [0.15, 0.2) is 23.0 Å². The van der Waals surface area contributed by atoms with E-state index < -0.39 is 0 Å². The van der Waals surface area contributed by atoms with E-state index in [-0.39, 0.29) is 23.0 Å². The van der Waals surface area contributed by atoms with Gasteiger partial charge in [-0.25, -0.2) is 0 Å². The Morgan fingerprint density at radius 1 is 0.420 bits per heavy atom. The predicted octanol–water partition coefficient (Wildman–Crippen LogP) is 12.9. The molecule has 0 fully saturated rings. The molecule has 8 aromatic carbocycles. The summed E-state index contributed by atoms with van der Waals surface area (Å²) in [4.78, 5) is 5.03. The van der Waals surface area contributed by atoms with E-state index in [0.717, 1.165) is 62.6 Å². The molecule has 0 N–H and O–H groups in total. The molecule has 0 saturated carbocycles. The third-order valence-corrected chi connectivity index (χ3v) is 16.1. The van der Waals surface area contributed by atoms with Gasteiger partial charge in [0.05, 0.1) is 5.69 Å². The van der Waals surface area contributed by atoms with E-state index in [1.165, 1.54) is 72.1 Å². The number of benzene rings is 8. The Kier molecular flexibility index (Phi) is 8.31. The Morgan fingerprint density at radius 2 is 0.928 bits per heavy atom. The maximum absolute atomic E-state index is 6.47. The van der Waals surface area contributed by atoms with Gasteiger partial charge < -0.3 is 28.7 Å². The molecule has 8 aromatic rings. The van der Waals surface area contributed by atoms with Gasteiger partial charge in [0.1, 0.15) is 26.4 Å². The van der Waals surface area contributed by atoms with Crippen LogP contribution in [-0.4, -0.2) is 33.1 Å². The molecule has 0 bridgehead atoms. The molecule has 6 aliphatic rings. The molecule has 0 aromatic heterocycles. The molecule has 0 amide bonds. The van der Waals surface area contributed by atoms with Gasteiger partial charge in [-0.1, -0.05) is 133 Å². The maximum Gasteiger partial charge on any atom is 0.252 e. The summed E-state index contributed by atoms with van der Waals surface area (Å²) in [5, 5.41) is 0. The normalized spacial score (nSPS) is 16.7. The van der Waals surface area contributed by atoms with Crippen LogP contribution in [0.4, 0.5) is 34.1 Å². The highest BCUT2D eigenvalue weighted by Gasteiger charge is 2.47. The van der Waals surface area contributed by atoms with Crippen molar-refractivity contribution < 1.29 is 18.9 Å². The number of nitrogens with zero attached hydrogens (tertiary/aromatic N) is 2. The number of anilines is 6. The molecule has 0 saturated heterocycles. The van der Waals surface area contributed by atoms with Crippen LogP contribution in [-0.2, 0) is 16.2 Å². The standard InChI is InChI=1S/C62H53BN2O4/c1-60(2,3)38-18-16-36(17-19-38)37-28-53-59-54(29-37)65(40-21-23-55-56(31-40)67-25-24-66-55)52-35-58-57(68-26-27-69-58)34-50(52)63(59)49-32-44-42-13-9-11-15-46(42)62(6,7)48(44)33-51(49)64(53)39-20-22-43-41-12-8-10-14-45(41)61(4,5)47(43)30-39/h8-23,28-35H,24-27H2,1-7H3. The largest absolute Gasteiger partial charge is 0.486 e. The molecule has 69 heavy (non-hydrogen) atoms. The highest BCUT2D eigenvalue weighted by Crippen LogP contribution is 2.55. The van der Waals surface area contributed by atoms with Gasteiger partial charge in [0.25, 0.3) is 6.71 Å². The van der Waals surface area contributed by atoms with Gasteiger partial charge in [-0.2, -0.15) is 0 Å². The molecule has 7 heteroatoms. The highest BCUT2D eigenvalue weighted by molar-refractivity contribution is 7.00. The van der Waals surface area contributed by atoms with E-state index in [1.54, 1.807) is 0 Å². The van der Waals surface area contributed by atoms with Crippen molar-refractivity contribution in [1.82, 2.24) is 0 Å². The minimum absolute atomic E-state index is 0.0203. The molecule has 338 valence electrons. The Hall–Kier alpha value is -7.38. The van der Waals surface area contributed by atoms with Crippen LogP contribution in [0.15, 0.2) is 146 Å². The van der Waals surface area contributed by atoms with E-state index in [0.29, 0.717) is 26.4 Å². The quantitative estimate of drug-likeness (QED) is 0.165. The molecule has 4 heterocycles. The summed E-state index contributed by atoms with van der Waals surface area (Å²) in [5.74, 6) is 3.04. The van der Waals surface area contributed by atoms with Crippen molar-refractivity contribution in [2.45, 2.75) is 64.7 Å². The van der Waals surface area contributed by atoms with E-state index in [4.69, 9.17) is 18.9 Å².